The van der Waals surface area contributed by atoms with Gasteiger partial charge in [-0.05, 0) is 35.7 Å². The molecule has 154 valence electrons. The Morgan fingerprint density at radius 2 is 1.90 bits per heavy atom. The topological polar surface area (TPSA) is 85.1 Å². The van der Waals surface area contributed by atoms with E-state index >= 15 is 0 Å². The van der Waals surface area contributed by atoms with E-state index in [9.17, 15) is 9.59 Å². The number of hydrogen-bond donors (Lipinski definition) is 0. The maximum Gasteiger partial charge on any atom is 0.292 e. The fraction of sp³-hybridized carbons (Fsp3) is 0.476. The van der Waals surface area contributed by atoms with Crippen molar-refractivity contribution in [2.75, 3.05) is 33.9 Å². The Balaban J connectivity index is 1.35. The average Bonchev–Trinajstić information content (AvgIpc) is 3.34. The molecule has 2 amide bonds. The van der Waals surface area contributed by atoms with Crippen molar-refractivity contribution >= 4 is 11.8 Å². The van der Waals surface area contributed by atoms with Gasteiger partial charge in [-0.15, -0.1) is 0 Å². The lowest BCUT2D eigenvalue weighted by Gasteiger charge is -2.38. The lowest BCUT2D eigenvalue weighted by Crippen LogP contribution is -2.44. The van der Waals surface area contributed by atoms with Crippen LogP contribution in [0.4, 0.5) is 0 Å². The van der Waals surface area contributed by atoms with Crippen LogP contribution in [0, 0.1) is 5.41 Å². The van der Waals surface area contributed by atoms with Crippen LogP contribution < -0.4 is 9.47 Å². The summed E-state index contributed by atoms with van der Waals surface area (Å²) < 4.78 is 15.2. The number of carbonyl (C=O) groups excluding carboxylic acids is 2. The van der Waals surface area contributed by atoms with Crippen LogP contribution in [0.15, 0.2) is 34.9 Å². The molecular formula is C21H25N3O5. The van der Waals surface area contributed by atoms with E-state index in [0.717, 1.165) is 30.7 Å². The van der Waals surface area contributed by atoms with Crippen molar-refractivity contribution in [2.45, 2.75) is 25.8 Å². The minimum atomic E-state index is -0.185. The van der Waals surface area contributed by atoms with E-state index < -0.39 is 0 Å². The molecular weight excluding hydrogens is 374 g/mol. The summed E-state index contributed by atoms with van der Waals surface area (Å²) >= 11 is 0. The predicted octanol–water partition coefficient (Wildman–Crippen LogP) is 2.35. The number of methoxy groups -OCH3 is 2. The second-order valence-corrected chi connectivity index (χ2v) is 7.80. The van der Waals surface area contributed by atoms with Crippen LogP contribution in [0.1, 0.15) is 35.4 Å². The molecule has 0 radical (unpaired) electrons. The Labute approximate surface area is 169 Å². The maximum atomic E-state index is 12.6. The van der Waals surface area contributed by atoms with Gasteiger partial charge in [-0.1, -0.05) is 12.1 Å². The molecule has 8 heteroatoms. The molecule has 1 spiro atoms. The van der Waals surface area contributed by atoms with E-state index in [2.05, 4.69) is 5.16 Å². The molecule has 29 heavy (non-hydrogen) atoms. The SMILES string of the molecule is COc1ccc(CN2CC3(CCN(C(=O)c4cc(OC)no4)CC3)CC2=O)cc1. The van der Waals surface area contributed by atoms with Crippen molar-refractivity contribution in [1.82, 2.24) is 15.0 Å². The Hall–Kier alpha value is -3.03. The molecule has 0 atom stereocenters. The largest absolute Gasteiger partial charge is 0.497 e. The first-order valence-electron chi connectivity index (χ1n) is 9.73. The van der Waals surface area contributed by atoms with E-state index in [4.69, 9.17) is 14.0 Å². The number of rotatable bonds is 5. The monoisotopic (exact) mass is 399 g/mol. The third-order valence-electron chi connectivity index (χ3n) is 5.96. The van der Waals surface area contributed by atoms with Gasteiger partial charge in [0.15, 0.2) is 0 Å². The molecule has 4 rings (SSSR count). The van der Waals surface area contributed by atoms with Gasteiger partial charge in [-0.3, -0.25) is 9.59 Å². The zero-order valence-electron chi connectivity index (χ0n) is 16.7. The molecule has 1 aromatic carbocycles. The number of benzene rings is 1. The van der Waals surface area contributed by atoms with Gasteiger partial charge in [0.05, 0.1) is 20.3 Å². The first-order valence-corrected chi connectivity index (χ1v) is 9.73. The minimum Gasteiger partial charge on any atom is -0.497 e. The standard InChI is InChI=1S/C21H25N3O5/c1-27-16-5-3-15(4-6-16)13-24-14-21(12-19(24)25)7-9-23(10-8-21)20(26)17-11-18(28-2)22-29-17/h3-6,11H,7-10,12-14H2,1-2H3. The minimum absolute atomic E-state index is 0.0561. The summed E-state index contributed by atoms with van der Waals surface area (Å²) in [5.41, 5.74) is 1.03. The van der Waals surface area contributed by atoms with Gasteiger partial charge < -0.3 is 23.8 Å². The first-order chi connectivity index (χ1) is 14.0. The fourth-order valence-corrected chi connectivity index (χ4v) is 4.21. The molecule has 0 saturated carbocycles. The van der Waals surface area contributed by atoms with E-state index in [1.165, 1.54) is 13.2 Å². The molecule has 2 fully saturated rings. The van der Waals surface area contributed by atoms with E-state index in [-0.39, 0.29) is 28.9 Å². The molecule has 0 N–H and O–H groups in total. The van der Waals surface area contributed by atoms with Crippen molar-refractivity contribution in [3.63, 3.8) is 0 Å². The Morgan fingerprint density at radius 3 is 2.52 bits per heavy atom. The average molecular weight is 399 g/mol. The summed E-state index contributed by atoms with van der Waals surface area (Å²) in [5, 5.41) is 3.69. The highest BCUT2D eigenvalue weighted by atomic mass is 16.5. The van der Waals surface area contributed by atoms with Gasteiger partial charge in [0, 0.05) is 38.0 Å². The molecule has 2 aliphatic rings. The fourth-order valence-electron chi connectivity index (χ4n) is 4.21. The van der Waals surface area contributed by atoms with Crippen LogP contribution >= 0.6 is 0 Å². The lowest BCUT2D eigenvalue weighted by atomic mass is 9.77. The molecule has 2 aromatic rings. The van der Waals surface area contributed by atoms with Crippen LogP contribution in [-0.4, -0.2) is 60.6 Å². The first kappa shape index (κ1) is 19.3. The lowest BCUT2D eigenvalue weighted by molar-refractivity contribution is -0.128. The molecule has 0 unspecified atom stereocenters. The van der Waals surface area contributed by atoms with Crippen LogP contribution in [0.3, 0.4) is 0 Å². The highest BCUT2D eigenvalue weighted by Crippen LogP contribution is 2.41. The number of nitrogens with zero attached hydrogens (tertiary/aromatic N) is 3. The summed E-state index contributed by atoms with van der Waals surface area (Å²) in [6, 6.07) is 9.30. The van der Waals surface area contributed by atoms with Gasteiger partial charge in [0.2, 0.25) is 11.7 Å². The van der Waals surface area contributed by atoms with E-state index in [0.29, 0.717) is 26.1 Å². The van der Waals surface area contributed by atoms with Crippen LogP contribution in [-0.2, 0) is 11.3 Å². The molecule has 1 aromatic heterocycles. The third kappa shape index (κ3) is 3.92. The summed E-state index contributed by atoms with van der Waals surface area (Å²) in [6.07, 6.45) is 2.14. The summed E-state index contributed by atoms with van der Waals surface area (Å²) in [5.74, 6) is 1.27. The zero-order chi connectivity index (χ0) is 20.4. The molecule has 2 aliphatic heterocycles. The molecule has 8 nitrogen and oxygen atoms in total. The molecule has 0 bridgehead atoms. The highest BCUT2D eigenvalue weighted by Gasteiger charge is 2.45. The van der Waals surface area contributed by atoms with Crippen molar-refractivity contribution in [1.29, 1.82) is 0 Å². The maximum absolute atomic E-state index is 12.6. The smallest absolute Gasteiger partial charge is 0.292 e. The zero-order valence-corrected chi connectivity index (χ0v) is 16.7. The van der Waals surface area contributed by atoms with Gasteiger partial charge >= 0.3 is 0 Å². The molecule has 3 heterocycles. The van der Waals surface area contributed by atoms with Crippen LogP contribution in [0.2, 0.25) is 0 Å². The van der Waals surface area contributed by atoms with Crippen molar-refractivity contribution in [3.8, 4) is 11.6 Å². The summed E-state index contributed by atoms with van der Waals surface area (Å²) in [4.78, 5) is 28.9. The van der Waals surface area contributed by atoms with Crippen LogP contribution in [0.5, 0.6) is 11.6 Å². The molecule has 0 aliphatic carbocycles. The summed E-state index contributed by atoms with van der Waals surface area (Å²) in [6.45, 7) is 2.54. The van der Waals surface area contributed by atoms with Crippen LogP contribution in [0.25, 0.3) is 0 Å². The Bertz CT molecular complexity index is 884. The Kier molecular flexibility index (Phi) is 5.17. The van der Waals surface area contributed by atoms with E-state index in [1.807, 2.05) is 29.2 Å². The Morgan fingerprint density at radius 1 is 1.17 bits per heavy atom. The number of carbonyl (C=O) groups is 2. The normalized spacial score (nSPS) is 18.3. The quantitative estimate of drug-likeness (QED) is 0.767. The third-order valence-corrected chi connectivity index (χ3v) is 5.96. The number of aromatic nitrogens is 1. The van der Waals surface area contributed by atoms with Crippen molar-refractivity contribution in [2.24, 2.45) is 5.41 Å². The highest BCUT2D eigenvalue weighted by molar-refractivity contribution is 5.91. The van der Waals surface area contributed by atoms with Crippen molar-refractivity contribution < 1.29 is 23.6 Å². The second kappa shape index (κ2) is 7.77. The van der Waals surface area contributed by atoms with E-state index in [1.54, 1.807) is 12.0 Å². The number of likely N-dealkylation sites (tertiary alicyclic amines) is 2. The number of ether oxygens (including phenoxy) is 2. The van der Waals surface area contributed by atoms with Gasteiger partial charge in [-0.2, -0.15) is 0 Å². The second-order valence-electron chi connectivity index (χ2n) is 7.80. The molecule has 2 saturated heterocycles. The van der Waals surface area contributed by atoms with Gasteiger partial charge in [-0.25, -0.2) is 0 Å². The van der Waals surface area contributed by atoms with Gasteiger partial charge in [0.1, 0.15) is 5.75 Å². The van der Waals surface area contributed by atoms with Crippen molar-refractivity contribution in [3.05, 3.63) is 41.7 Å². The number of piperidine rings is 1. The summed E-state index contributed by atoms with van der Waals surface area (Å²) in [7, 11) is 3.12. The predicted molar refractivity (Wildman–Crippen MR) is 104 cm³/mol. The number of hydrogen-bond acceptors (Lipinski definition) is 6. The van der Waals surface area contributed by atoms with Gasteiger partial charge in [0.25, 0.3) is 11.8 Å². The number of amides is 2.